The van der Waals surface area contributed by atoms with Gasteiger partial charge >= 0.3 is 0 Å². The first-order chi connectivity index (χ1) is 7.27. The van der Waals surface area contributed by atoms with Crippen LogP contribution in [0.25, 0.3) is 0 Å². The van der Waals surface area contributed by atoms with E-state index >= 15 is 0 Å². The minimum Gasteiger partial charge on any atom is -0.382 e. The Kier molecular flexibility index (Phi) is 5.00. The van der Waals surface area contributed by atoms with Crippen molar-refractivity contribution in [2.75, 3.05) is 32.8 Å². The summed E-state index contributed by atoms with van der Waals surface area (Å²) >= 11 is 0. The summed E-state index contributed by atoms with van der Waals surface area (Å²) in [5.74, 6) is 0.775. The van der Waals surface area contributed by atoms with Gasteiger partial charge in [-0.15, -0.1) is 0 Å². The van der Waals surface area contributed by atoms with Gasteiger partial charge in [0.05, 0.1) is 24.9 Å². The van der Waals surface area contributed by atoms with E-state index in [0.29, 0.717) is 13.2 Å². The first kappa shape index (κ1) is 11.9. The number of nitrogens with one attached hydrogen (secondary N) is 1. The molecule has 0 spiro atoms. The van der Waals surface area contributed by atoms with E-state index in [1.807, 2.05) is 6.92 Å². The number of aromatic nitrogens is 2. The first-order valence-electron chi connectivity index (χ1n) is 4.80. The monoisotopic (exact) mass is 211 g/mol. The van der Waals surface area contributed by atoms with Crippen molar-refractivity contribution in [3.8, 4) is 0 Å². The predicted octanol–water partition coefficient (Wildman–Crippen LogP) is 0.858. The summed E-state index contributed by atoms with van der Waals surface area (Å²) in [5, 5.41) is 3.23. The molecule has 5 heteroatoms. The Bertz CT molecular complexity index is 288. The van der Waals surface area contributed by atoms with Gasteiger partial charge in [-0.05, 0) is 6.92 Å². The molecule has 5 nitrogen and oxygen atoms in total. The lowest BCUT2D eigenvalue weighted by Gasteiger charge is -2.18. The molecule has 15 heavy (non-hydrogen) atoms. The van der Waals surface area contributed by atoms with Crippen LogP contribution in [0.2, 0.25) is 0 Å². The fourth-order valence-corrected chi connectivity index (χ4v) is 1.28. The van der Waals surface area contributed by atoms with Gasteiger partial charge in [-0.1, -0.05) is 0 Å². The highest BCUT2D eigenvalue weighted by Gasteiger charge is 2.10. The van der Waals surface area contributed by atoms with Crippen molar-refractivity contribution in [1.29, 1.82) is 0 Å². The maximum absolute atomic E-state index is 5.08. The smallest absolute Gasteiger partial charge is 0.147 e. The van der Waals surface area contributed by atoms with Gasteiger partial charge < -0.3 is 14.8 Å². The van der Waals surface area contributed by atoms with Crippen LogP contribution < -0.4 is 5.32 Å². The molecule has 0 radical (unpaired) electrons. The second kappa shape index (κ2) is 6.31. The van der Waals surface area contributed by atoms with E-state index in [9.17, 15) is 0 Å². The van der Waals surface area contributed by atoms with E-state index in [4.69, 9.17) is 9.47 Å². The normalized spacial score (nSPS) is 10.7. The molecule has 0 fully saturated rings. The SMILES string of the molecule is COCC(COC)Nc1nccnc1C. The van der Waals surface area contributed by atoms with E-state index in [1.165, 1.54) is 0 Å². The topological polar surface area (TPSA) is 56.3 Å². The van der Waals surface area contributed by atoms with Crippen LogP contribution in [-0.2, 0) is 9.47 Å². The summed E-state index contributed by atoms with van der Waals surface area (Å²) in [6, 6.07) is 0.0930. The number of methoxy groups -OCH3 is 2. The number of rotatable bonds is 6. The predicted molar refractivity (Wildman–Crippen MR) is 57.9 cm³/mol. The van der Waals surface area contributed by atoms with E-state index < -0.39 is 0 Å². The van der Waals surface area contributed by atoms with Crippen LogP contribution in [0.1, 0.15) is 5.69 Å². The summed E-state index contributed by atoms with van der Waals surface area (Å²) in [7, 11) is 3.32. The minimum atomic E-state index is 0.0930. The summed E-state index contributed by atoms with van der Waals surface area (Å²) < 4.78 is 10.2. The van der Waals surface area contributed by atoms with Crippen molar-refractivity contribution in [1.82, 2.24) is 9.97 Å². The van der Waals surface area contributed by atoms with Crippen molar-refractivity contribution < 1.29 is 9.47 Å². The zero-order chi connectivity index (χ0) is 11.1. The second-order valence-corrected chi connectivity index (χ2v) is 3.24. The highest BCUT2D eigenvalue weighted by molar-refractivity contribution is 5.39. The Morgan fingerprint density at radius 2 is 1.80 bits per heavy atom. The lowest BCUT2D eigenvalue weighted by Crippen LogP contribution is -2.30. The summed E-state index contributed by atoms with van der Waals surface area (Å²) in [6.45, 7) is 3.06. The number of nitrogens with zero attached hydrogens (tertiary/aromatic N) is 2. The van der Waals surface area contributed by atoms with Crippen molar-refractivity contribution in [2.24, 2.45) is 0 Å². The molecule has 0 aliphatic carbocycles. The highest BCUT2D eigenvalue weighted by Crippen LogP contribution is 2.08. The van der Waals surface area contributed by atoms with Crippen LogP contribution in [0.15, 0.2) is 12.4 Å². The highest BCUT2D eigenvalue weighted by atomic mass is 16.5. The van der Waals surface area contributed by atoms with Gasteiger partial charge in [-0.3, -0.25) is 4.98 Å². The van der Waals surface area contributed by atoms with Crippen LogP contribution in [-0.4, -0.2) is 43.4 Å². The average molecular weight is 211 g/mol. The quantitative estimate of drug-likeness (QED) is 0.756. The third kappa shape index (κ3) is 3.81. The van der Waals surface area contributed by atoms with Crippen molar-refractivity contribution in [2.45, 2.75) is 13.0 Å². The molecule has 1 aromatic rings. The first-order valence-corrected chi connectivity index (χ1v) is 4.80. The lowest BCUT2D eigenvalue weighted by molar-refractivity contribution is 0.126. The molecule has 0 bridgehead atoms. The van der Waals surface area contributed by atoms with E-state index in [1.54, 1.807) is 26.6 Å². The number of hydrogen-bond acceptors (Lipinski definition) is 5. The van der Waals surface area contributed by atoms with Crippen LogP contribution in [0, 0.1) is 6.92 Å². The Hall–Kier alpha value is -1.20. The maximum atomic E-state index is 5.08. The van der Waals surface area contributed by atoms with E-state index in [-0.39, 0.29) is 6.04 Å². The minimum absolute atomic E-state index is 0.0930. The van der Waals surface area contributed by atoms with Gasteiger partial charge in [-0.25, -0.2) is 4.98 Å². The molecule has 1 N–H and O–H groups in total. The van der Waals surface area contributed by atoms with Gasteiger partial charge in [0.1, 0.15) is 5.82 Å². The third-order valence-corrected chi connectivity index (χ3v) is 1.96. The van der Waals surface area contributed by atoms with E-state index in [0.717, 1.165) is 11.5 Å². The van der Waals surface area contributed by atoms with Gasteiger partial charge in [0.25, 0.3) is 0 Å². The van der Waals surface area contributed by atoms with Crippen molar-refractivity contribution in [3.63, 3.8) is 0 Å². The molecular formula is C10H17N3O2. The molecule has 0 atom stereocenters. The molecule has 1 heterocycles. The van der Waals surface area contributed by atoms with Crippen LogP contribution >= 0.6 is 0 Å². The van der Waals surface area contributed by atoms with E-state index in [2.05, 4.69) is 15.3 Å². The summed E-state index contributed by atoms with van der Waals surface area (Å²) in [5.41, 5.74) is 0.870. The molecule has 0 aliphatic rings. The number of aryl methyl sites for hydroxylation is 1. The largest absolute Gasteiger partial charge is 0.382 e. The maximum Gasteiger partial charge on any atom is 0.147 e. The number of ether oxygens (including phenoxy) is 2. The van der Waals surface area contributed by atoms with Gasteiger partial charge in [0.15, 0.2) is 0 Å². The molecule has 0 saturated heterocycles. The fourth-order valence-electron chi connectivity index (χ4n) is 1.28. The molecule has 1 rings (SSSR count). The van der Waals surface area contributed by atoms with Crippen LogP contribution in [0.3, 0.4) is 0 Å². The molecular weight excluding hydrogens is 194 g/mol. The molecule has 0 aliphatic heterocycles. The molecule has 0 saturated carbocycles. The fraction of sp³-hybridized carbons (Fsp3) is 0.600. The van der Waals surface area contributed by atoms with Crippen LogP contribution in [0.5, 0.6) is 0 Å². The Balaban J connectivity index is 2.60. The molecule has 0 amide bonds. The van der Waals surface area contributed by atoms with Crippen molar-refractivity contribution in [3.05, 3.63) is 18.1 Å². The average Bonchev–Trinajstić information content (AvgIpc) is 2.22. The van der Waals surface area contributed by atoms with Gasteiger partial charge in [-0.2, -0.15) is 0 Å². The Labute approximate surface area is 89.8 Å². The Morgan fingerprint density at radius 1 is 1.20 bits per heavy atom. The molecule has 84 valence electrons. The van der Waals surface area contributed by atoms with Gasteiger partial charge in [0, 0.05) is 26.6 Å². The molecule has 1 aromatic heterocycles. The van der Waals surface area contributed by atoms with Crippen LogP contribution in [0.4, 0.5) is 5.82 Å². The number of anilines is 1. The Morgan fingerprint density at radius 3 is 2.33 bits per heavy atom. The zero-order valence-corrected chi connectivity index (χ0v) is 9.36. The van der Waals surface area contributed by atoms with Gasteiger partial charge in [0.2, 0.25) is 0 Å². The molecule has 0 aromatic carbocycles. The second-order valence-electron chi connectivity index (χ2n) is 3.24. The lowest BCUT2D eigenvalue weighted by atomic mass is 10.3. The van der Waals surface area contributed by atoms with Crippen molar-refractivity contribution >= 4 is 5.82 Å². The standard InChI is InChI=1S/C10H17N3O2/c1-8-10(12-5-4-11-8)13-9(6-14-2)7-15-3/h4-5,9H,6-7H2,1-3H3,(H,12,13). The third-order valence-electron chi connectivity index (χ3n) is 1.96. The summed E-state index contributed by atoms with van der Waals surface area (Å²) in [6.07, 6.45) is 3.33. The summed E-state index contributed by atoms with van der Waals surface area (Å²) in [4.78, 5) is 8.34. The zero-order valence-electron chi connectivity index (χ0n) is 9.36. The number of hydrogen-bond donors (Lipinski definition) is 1. The molecule has 0 unspecified atom stereocenters.